The monoisotopic (exact) mass is 455 g/mol. The number of fused-ring (bicyclic) bond motifs is 2. The summed E-state index contributed by atoms with van der Waals surface area (Å²) in [5.41, 5.74) is 4.11. The van der Waals surface area contributed by atoms with Gasteiger partial charge in [0.2, 0.25) is 0 Å². The summed E-state index contributed by atoms with van der Waals surface area (Å²) in [5.74, 6) is -0.609. The minimum atomic E-state index is -0.322. The molecule has 1 amide bonds. The molecule has 1 heterocycles. The standard InChI is InChI=1S/C25H18FN5OS/c1-15-13-22-23(30-31(29-22)18-11-9-17(26)10-12-18)14-21(15)27-25(33)28-24(32)20-8-4-6-16-5-2-3-7-19(16)20/h2-14H,1H3,(H2,27,28,32,33). The summed E-state index contributed by atoms with van der Waals surface area (Å²) in [6, 6.07) is 22.9. The van der Waals surface area contributed by atoms with Crippen LogP contribution in [-0.2, 0) is 0 Å². The van der Waals surface area contributed by atoms with E-state index in [2.05, 4.69) is 20.8 Å². The normalized spacial score (nSPS) is 11.0. The van der Waals surface area contributed by atoms with Crippen molar-refractivity contribution >= 4 is 50.7 Å². The van der Waals surface area contributed by atoms with Crippen molar-refractivity contribution in [3.05, 3.63) is 95.8 Å². The van der Waals surface area contributed by atoms with Crippen LogP contribution in [0.2, 0.25) is 0 Å². The molecular weight excluding hydrogens is 437 g/mol. The molecule has 1 aromatic heterocycles. The summed E-state index contributed by atoms with van der Waals surface area (Å²) in [6.07, 6.45) is 0. The molecule has 5 aromatic rings. The fourth-order valence-electron chi connectivity index (χ4n) is 3.64. The molecular formula is C25H18FN5OS. The molecule has 0 aliphatic rings. The highest BCUT2D eigenvalue weighted by molar-refractivity contribution is 7.80. The molecule has 8 heteroatoms. The third-order valence-electron chi connectivity index (χ3n) is 5.29. The smallest absolute Gasteiger partial charge is 0.258 e. The van der Waals surface area contributed by atoms with Crippen molar-refractivity contribution in [3.8, 4) is 5.69 Å². The van der Waals surface area contributed by atoms with Crippen LogP contribution in [0.1, 0.15) is 15.9 Å². The van der Waals surface area contributed by atoms with Crippen molar-refractivity contribution < 1.29 is 9.18 Å². The van der Waals surface area contributed by atoms with Crippen molar-refractivity contribution in [2.45, 2.75) is 6.92 Å². The Morgan fingerprint density at radius 1 is 0.939 bits per heavy atom. The molecule has 0 radical (unpaired) electrons. The fourth-order valence-corrected chi connectivity index (χ4v) is 3.84. The van der Waals surface area contributed by atoms with E-state index in [9.17, 15) is 9.18 Å². The Morgan fingerprint density at radius 2 is 1.64 bits per heavy atom. The number of hydrogen-bond donors (Lipinski definition) is 2. The number of anilines is 1. The molecule has 162 valence electrons. The Balaban J connectivity index is 1.37. The van der Waals surface area contributed by atoms with Crippen LogP contribution in [0.5, 0.6) is 0 Å². The first kappa shape index (κ1) is 20.7. The number of halogens is 1. The number of carbonyl (C=O) groups excluding carboxylic acids is 1. The van der Waals surface area contributed by atoms with Crippen molar-refractivity contribution in [1.29, 1.82) is 0 Å². The Morgan fingerprint density at radius 3 is 2.42 bits per heavy atom. The third-order valence-corrected chi connectivity index (χ3v) is 5.50. The lowest BCUT2D eigenvalue weighted by Gasteiger charge is -2.12. The molecule has 0 saturated heterocycles. The molecule has 0 aliphatic carbocycles. The Hall–Kier alpha value is -4.17. The van der Waals surface area contributed by atoms with E-state index in [-0.39, 0.29) is 16.8 Å². The van der Waals surface area contributed by atoms with Gasteiger partial charge in [0.05, 0.1) is 5.69 Å². The Labute approximate surface area is 194 Å². The molecule has 0 atom stereocenters. The van der Waals surface area contributed by atoms with Gasteiger partial charge >= 0.3 is 0 Å². The molecule has 33 heavy (non-hydrogen) atoms. The predicted molar refractivity (Wildman–Crippen MR) is 131 cm³/mol. The Bertz CT molecular complexity index is 1520. The lowest BCUT2D eigenvalue weighted by atomic mass is 10.0. The van der Waals surface area contributed by atoms with Crippen LogP contribution in [0, 0.1) is 12.7 Å². The molecule has 0 aliphatic heterocycles. The number of amides is 1. The molecule has 0 unspecified atom stereocenters. The van der Waals surface area contributed by atoms with Gasteiger partial charge in [0, 0.05) is 11.3 Å². The Kier molecular flexibility index (Phi) is 5.27. The van der Waals surface area contributed by atoms with E-state index in [0.29, 0.717) is 28.0 Å². The zero-order chi connectivity index (χ0) is 22.9. The van der Waals surface area contributed by atoms with Crippen LogP contribution in [0.3, 0.4) is 0 Å². The van der Waals surface area contributed by atoms with Crippen LogP contribution in [0.25, 0.3) is 27.5 Å². The van der Waals surface area contributed by atoms with Crippen LogP contribution >= 0.6 is 12.2 Å². The van der Waals surface area contributed by atoms with Gasteiger partial charge in [-0.25, -0.2) is 4.39 Å². The number of aryl methyl sites for hydroxylation is 1. The number of benzene rings is 4. The van der Waals surface area contributed by atoms with Crippen LogP contribution in [-0.4, -0.2) is 26.0 Å². The van der Waals surface area contributed by atoms with Gasteiger partial charge in [-0.15, -0.1) is 10.2 Å². The molecule has 0 fully saturated rings. The van der Waals surface area contributed by atoms with Crippen LogP contribution in [0.4, 0.5) is 10.1 Å². The zero-order valence-corrected chi connectivity index (χ0v) is 18.4. The number of nitrogens with zero attached hydrogens (tertiary/aromatic N) is 3. The maximum atomic E-state index is 13.2. The molecule has 0 spiro atoms. The first-order chi connectivity index (χ1) is 16.0. The molecule has 0 saturated carbocycles. The molecule has 0 bridgehead atoms. The molecule has 4 aromatic carbocycles. The van der Waals surface area contributed by atoms with Gasteiger partial charge in [0.1, 0.15) is 16.9 Å². The lowest BCUT2D eigenvalue weighted by molar-refractivity contribution is 0.0979. The summed E-state index contributed by atoms with van der Waals surface area (Å²) in [5, 5.41) is 16.8. The highest BCUT2D eigenvalue weighted by atomic mass is 32.1. The van der Waals surface area contributed by atoms with E-state index in [0.717, 1.165) is 16.3 Å². The number of carbonyl (C=O) groups is 1. The summed E-state index contributed by atoms with van der Waals surface area (Å²) in [7, 11) is 0. The number of hydrogen-bond acceptors (Lipinski definition) is 4. The topological polar surface area (TPSA) is 71.8 Å². The number of rotatable bonds is 3. The highest BCUT2D eigenvalue weighted by Crippen LogP contribution is 2.23. The second-order valence-corrected chi connectivity index (χ2v) is 7.96. The number of aromatic nitrogens is 3. The number of thiocarbonyl (C=S) groups is 1. The third kappa shape index (κ3) is 4.16. The summed E-state index contributed by atoms with van der Waals surface area (Å²) < 4.78 is 13.2. The predicted octanol–water partition coefficient (Wildman–Crippen LogP) is 5.15. The van der Waals surface area contributed by atoms with Gasteiger partial charge in [0.15, 0.2) is 5.11 Å². The van der Waals surface area contributed by atoms with Gasteiger partial charge in [0.25, 0.3) is 5.91 Å². The first-order valence-electron chi connectivity index (χ1n) is 10.2. The fraction of sp³-hybridized carbons (Fsp3) is 0.0400. The van der Waals surface area contributed by atoms with Gasteiger partial charge in [-0.05, 0) is 77.9 Å². The van der Waals surface area contributed by atoms with Crippen molar-refractivity contribution in [2.24, 2.45) is 0 Å². The van der Waals surface area contributed by atoms with Crippen LogP contribution in [0.15, 0.2) is 78.9 Å². The van der Waals surface area contributed by atoms with Crippen molar-refractivity contribution in [1.82, 2.24) is 20.3 Å². The maximum absolute atomic E-state index is 13.2. The first-order valence-corrected chi connectivity index (χ1v) is 10.6. The molecule has 6 nitrogen and oxygen atoms in total. The number of nitrogens with one attached hydrogen (secondary N) is 2. The van der Waals surface area contributed by atoms with E-state index in [1.165, 1.54) is 16.9 Å². The van der Waals surface area contributed by atoms with Gasteiger partial charge in [-0.1, -0.05) is 36.4 Å². The second-order valence-electron chi connectivity index (χ2n) is 7.56. The second kappa shape index (κ2) is 8.40. The zero-order valence-electron chi connectivity index (χ0n) is 17.5. The van der Waals surface area contributed by atoms with Gasteiger partial charge in [-0.3, -0.25) is 10.1 Å². The highest BCUT2D eigenvalue weighted by Gasteiger charge is 2.13. The largest absolute Gasteiger partial charge is 0.332 e. The minimum Gasteiger partial charge on any atom is -0.332 e. The van der Waals surface area contributed by atoms with Gasteiger partial charge in [-0.2, -0.15) is 4.80 Å². The van der Waals surface area contributed by atoms with Gasteiger partial charge < -0.3 is 5.32 Å². The molecule has 2 N–H and O–H groups in total. The SMILES string of the molecule is Cc1cc2nn(-c3ccc(F)cc3)nc2cc1NC(=S)NC(=O)c1cccc2ccccc12. The summed E-state index contributed by atoms with van der Waals surface area (Å²) >= 11 is 5.39. The summed E-state index contributed by atoms with van der Waals surface area (Å²) in [6.45, 7) is 1.91. The van der Waals surface area contributed by atoms with Crippen molar-refractivity contribution in [2.75, 3.05) is 5.32 Å². The van der Waals surface area contributed by atoms with Crippen LogP contribution < -0.4 is 10.6 Å². The minimum absolute atomic E-state index is 0.182. The molecule has 5 rings (SSSR count). The summed E-state index contributed by atoms with van der Waals surface area (Å²) in [4.78, 5) is 14.3. The van der Waals surface area contributed by atoms with E-state index in [1.807, 2.05) is 55.5 Å². The van der Waals surface area contributed by atoms with Crippen molar-refractivity contribution in [3.63, 3.8) is 0 Å². The van der Waals surface area contributed by atoms with E-state index in [1.54, 1.807) is 18.2 Å². The average Bonchev–Trinajstić information content (AvgIpc) is 3.22. The van der Waals surface area contributed by atoms with E-state index >= 15 is 0 Å². The van der Waals surface area contributed by atoms with E-state index < -0.39 is 0 Å². The average molecular weight is 456 g/mol. The maximum Gasteiger partial charge on any atom is 0.258 e. The quantitative estimate of drug-likeness (QED) is 0.368. The lowest BCUT2D eigenvalue weighted by Crippen LogP contribution is -2.34. The van der Waals surface area contributed by atoms with E-state index in [4.69, 9.17) is 12.2 Å².